The van der Waals surface area contributed by atoms with Crippen LogP contribution in [0.4, 0.5) is 0 Å². The summed E-state index contributed by atoms with van der Waals surface area (Å²) >= 11 is 3.98. The number of rotatable bonds is 15. The van der Waals surface area contributed by atoms with Gasteiger partial charge in [0.25, 0.3) is 0 Å². The molecule has 13 heteroatoms. The summed E-state index contributed by atoms with van der Waals surface area (Å²) in [7, 11) is 0. The third-order valence-corrected chi connectivity index (χ3v) is 6.24. The third kappa shape index (κ3) is 9.06. The molecule has 4 unspecified atom stereocenters. The number of thiol groups is 1. The summed E-state index contributed by atoms with van der Waals surface area (Å²) in [6.45, 7) is 3.69. The largest absolute Gasteiger partial charge is 0.481 e. The van der Waals surface area contributed by atoms with Crippen LogP contribution in [0.2, 0.25) is 0 Å². The second-order valence-electron chi connectivity index (χ2n) is 9.44. The molecule has 0 saturated heterocycles. The zero-order valence-corrected chi connectivity index (χ0v) is 22.2. The van der Waals surface area contributed by atoms with E-state index in [-0.39, 0.29) is 37.4 Å². The number of aromatic nitrogens is 1. The summed E-state index contributed by atoms with van der Waals surface area (Å²) in [5.74, 6) is -4.63. The van der Waals surface area contributed by atoms with Crippen molar-refractivity contribution < 1.29 is 34.2 Å². The minimum absolute atomic E-state index is 0.0252. The van der Waals surface area contributed by atoms with E-state index in [1.807, 2.05) is 38.1 Å². The number of aliphatic carboxylic acids is 2. The maximum Gasteiger partial charge on any atom is 0.327 e. The summed E-state index contributed by atoms with van der Waals surface area (Å²) in [6, 6.07) is 2.75. The van der Waals surface area contributed by atoms with Gasteiger partial charge in [-0.15, -0.1) is 0 Å². The van der Waals surface area contributed by atoms with Crippen LogP contribution < -0.4 is 21.7 Å². The number of aromatic amines is 1. The van der Waals surface area contributed by atoms with Crippen molar-refractivity contribution >= 4 is 53.2 Å². The Morgan fingerprint density at radius 3 is 2.16 bits per heavy atom. The van der Waals surface area contributed by atoms with E-state index >= 15 is 0 Å². The SMILES string of the molecule is CC(C)CC(NC(=O)C(N)CCC(=O)O)C(=O)NC(Cc1c[nH]c2ccccc12)C(=O)NC(CS)C(=O)O. The maximum absolute atomic E-state index is 13.3. The van der Waals surface area contributed by atoms with E-state index < -0.39 is 53.8 Å². The van der Waals surface area contributed by atoms with Gasteiger partial charge in [0, 0.05) is 35.7 Å². The van der Waals surface area contributed by atoms with Crippen molar-refractivity contribution in [2.45, 2.75) is 63.7 Å². The Bertz CT molecular complexity index is 1150. The number of benzene rings is 1. The van der Waals surface area contributed by atoms with Gasteiger partial charge >= 0.3 is 11.9 Å². The van der Waals surface area contributed by atoms with Crippen LogP contribution in [0.25, 0.3) is 10.9 Å². The predicted molar refractivity (Wildman–Crippen MR) is 144 cm³/mol. The van der Waals surface area contributed by atoms with Gasteiger partial charge in [-0.1, -0.05) is 32.0 Å². The molecule has 12 nitrogen and oxygen atoms in total. The van der Waals surface area contributed by atoms with Crippen molar-refractivity contribution in [3.05, 3.63) is 36.0 Å². The second kappa shape index (κ2) is 14.4. The van der Waals surface area contributed by atoms with Gasteiger partial charge in [0.15, 0.2) is 0 Å². The average Bonchev–Trinajstić information content (AvgIpc) is 3.26. The highest BCUT2D eigenvalue weighted by atomic mass is 32.1. The van der Waals surface area contributed by atoms with Gasteiger partial charge in [-0.3, -0.25) is 19.2 Å². The second-order valence-corrected chi connectivity index (χ2v) is 9.80. The van der Waals surface area contributed by atoms with Crippen LogP contribution in [-0.4, -0.2) is 74.8 Å². The number of fused-ring (bicyclic) bond motifs is 1. The average molecular weight is 550 g/mol. The molecular formula is C25H35N5O7S. The first kappa shape index (κ1) is 30.6. The van der Waals surface area contributed by atoms with Crippen LogP contribution in [0.15, 0.2) is 30.5 Å². The quantitative estimate of drug-likeness (QED) is 0.146. The molecule has 0 bridgehead atoms. The number of amides is 3. The van der Waals surface area contributed by atoms with E-state index in [9.17, 15) is 29.1 Å². The van der Waals surface area contributed by atoms with E-state index in [2.05, 4.69) is 33.6 Å². The molecule has 208 valence electrons. The fraction of sp³-hybridized carbons (Fsp3) is 0.480. The van der Waals surface area contributed by atoms with Crippen LogP contribution in [0.1, 0.15) is 38.7 Å². The van der Waals surface area contributed by atoms with Gasteiger partial charge in [0.05, 0.1) is 6.04 Å². The maximum atomic E-state index is 13.3. The van der Waals surface area contributed by atoms with Gasteiger partial charge < -0.3 is 36.9 Å². The van der Waals surface area contributed by atoms with E-state index in [1.165, 1.54) is 0 Å². The minimum atomic E-state index is -1.27. The lowest BCUT2D eigenvalue weighted by atomic mass is 10.00. The minimum Gasteiger partial charge on any atom is -0.481 e. The summed E-state index contributed by atoms with van der Waals surface area (Å²) in [4.78, 5) is 64.4. The predicted octanol–water partition coefficient (Wildman–Crippen LogP) is 0.417. The summed E-state index contributed by atoms with van der Waals surface area (Å²) < 4.78 is 0. The van der Waals surface area contributed by atoms with Crippen LogP contribution in [0.3, 0.4) is 0 Å². The fourth-order valence-electron chi connectivity index (χ4n) is 3.85. The van der Waals surface area contributed by atoms with Crippen LogP contribution >= 0.6 is 12.6 Å². The molecule has 4 atom stereocenters. The van der Waals surface area contributed by atoms with Gasteiger partial charge in [0.2, 0.25) is 17.7 Å². The molecular weight excluding hydrogens is 514 g/mol. The molecule has 0 fully saturated rings. The Morgan fingerprint density at radius 1 is 0.947 bits per heavy atom. The third-order valence-electron chi connectivity index (χ3n) is 5.88. The summed E-state index contributed by atoms with van der Waals surface area (Å²) in [5, 5.41) is 26.6. The van der Waals surface area contributed by atoms with Gasteiger partial charge in [-0.2, -0.15) is 12.6 Å². The molecule has 1 aromatic heterocycles. The van der Waals surface area contributed by atoms with Gasteiger partial charge in [-0.25, -0.2) is 4.79 Å². The van der Waals surface area contributed by atoms with Crippen molar-refractivity contribution in [1.29, 1.82) is 0 Å². The number of hydrogen-bond acceptors (Lipinski definition) is 7. The monoisotopic (exact) mass is 549 g/mol. The van der Waals surface area contributed by atoms with E-state index in [4.69, 9.17) is 10.8 Å². The summed E-state index contributed by atoms with van der Waals surface area (Å²) in [5.41, 5.74) is 7.35. The highest BCUT2D eigenvalue weighted by molar-refractivity contribution is 7.80. The standard InChI is InChI=1S/C25H35N5O7S/c1-13(2)9-18(28-22(33)16(26)7-8-21(31)32)23(34)29-19(24(35)30-20(12-38)25(36)37)10-14-11-27-17-6-4-3-5-15(14)17/h3-6,11,13,16,18-20,27,38H,7-10,12,26H2,1-2H3,(H,28,33)(H,29,34)(H,30,35)(H,31,32)(H,36,37). The lowest BCUT2D eigenvalue weighted by Crippen LogP contribution is -2.58. The molecule has 0 aliphatic heterocycles. The van der Waals surface area contributed by atoms with Crippen molar-refractivity contribution in [2.75, 3.05) is 5.75 Å². The fourth-order valence-corrected chi connectivity index (χ4v) is 4.10. The molecule has 1 aromatic carbocycles. The lowest BCUT2D eigenvalue weighted by molar-refractivity contribution is -0.141. The molecule has 3 amide bonds. The van der Waals surface area contributed by atoms with Crippen molar-refractivity contribution in [3.63, 3.8) is 0 Å². The molecule has 38 heavy (non-hydrogen) atoms. The molecule has 0 aliphatic carbocycles. The number of hydrogen-bond donors (Lipinski definition) is 8. The zero-order chi connectivity index (χ0) is 28.4. The van der Waals surface area contributed by atoms with Gasteiger partial charge in [0.1, 0.15) is 18.1 Å². The van der Waals surface area contributed by atoms with E-state index in [0.717, 1.165) is 16.5 Å². The number of carboxylic acid groups (broad SMARTS) is 2. The molecule has 0 radical (unpaired) electrons. The smallest absolute Gasteiger partial charge is 0.327 e. The number of carbonyl (C=O) groups is 5. The van der Waals surface area contributed by atoms with Gasteiger partial charge in [-0.05, 0) is 30.4 Å². The Balaban J connectivity index is 2.27. The van der Waals surface area contributed by atoms with Crippen LogP contribution in [0.5, 0.6) is 0 Å². The number of carboxylic acids is 2. The Labute approximate surface area is 225 Å². The Hall–Kier alpha value is -3.58. The molecule has 2 rings (SSSR count). The Kier molecular flexibility index (Phi) is 11.6. The highest BCUT2D eigenvalue weighted by Gasteiger charge is 2.31. The van der Waals surface area contributed by atoms with E-state index in [1.54, 1.807) is 6.20 Å². The van der Waals surface area contributed by atoms with Crippen molar-refractivity contribution in [1.82, 2.24) is 20.9 Å². The van der Waals surface area contributed by atoms with Crippen molar-refractivity contribution in [2.24, 2.45) is 11.7 Å². The number of carbonyl (C=O) groups excluding carboxylic acids is 3. The highest BCUT2D eigenvalue weighted by Crippen LogP contribution is 2.19. The van der Waals surface area contributed by atoms with Crippen molar-refractivity contribution in [3.8, 4) is 0 Å². The van der Waals surface area contributed by atoms with Crippen LogP contribution in [0, 0.1) is 5.92 Å². The number of H-pyrrole nitrogens is 1. The zero-order valence-electron chi connectivity index (χ0n) is 21.3. The first-order chi connectivity index (χ1) is 17.9. The van der Waals surface area contributed by atoms with Crippen LogP contribution in [-0.2, 0) is 30.4 Å². The molecule has 2 aromatic rings. The summed E-state index contributed by atoms with van der Waals surface area (Å²) in [6.07, 6.45) is 1.56. The normalized spacial score (nSPS) is 14.3. The molecule has 0 aliphatic rings. The number of nitrogens with two attached hydrogens (primary N) is 1. The number of nitrogens with one attached hydrogen (secondary N) is 4. The molecule has 8 N–H and O–H groups in total. The first-order valence-corrected chi connectivity index (χ1v) is 12.8. The topological polar surface area (TPSA) is 204 Å². The lowest BCUT2D eigenvalue weighted by Gasteiger charge is -2.26. The molecule has 0 saturated carbocycles. The first-order valence-electron chi connectivity index (χ1n) is 12.2. The van der Waals surface area contributed by atoms with E-state index in [0.29, 0.717) is 0 Å². The molecule has 1 heterocycles. The molecule has 0 spiro atoms. The Morgan fingerprint density at radius 2 is 1.55 bits per heavy atom. The number of para-hydroxylation sites is 1.